The zero-order valence-corrected chi connectivity index (χ0v) is 10.0. The van der Waals surface area contributed by atoms with Crippen LogP contribution in [0.3, 0.4) is 0 Å². The van der Waals surface area contributed by atoms with Crippen LogP contribution < -0.4 is 5.32 Å². The predicted octanol–water partition coefficient (Wildman–Crippen LogP) is 0.144. The van der Waals surface area contributed by atoms with Crippen molar-refractivity contribution in [3.05, 3.63) is 24.3 Å². The van der Waals surface area contributed by atoms with Crippen LogP contribution in [-0.4, -0.2) is 55.3 Å². The fraction of sp³-hybridized carbons (Fsp3) is 0.636. The number of aromatic nitrogens is 2. The van der Waals surface area contributed by atoms with Gasteiger partial charge >= 0.3 is 0 Å². The molecule has 0 aromatic carbocycles. The highest BCUT2D eigenvalue weighted by molar-refractivity contribution is 4.96. The molecule has 1 aromatic rings. The largest absolute Gasteiger partial charge is 0.379 e. The summed E-state index contributed by atoms with van der Waals surface area (Å²) in [6.45, 7) is 4.09. The van der Waals surface area contributed by atoms with Crippen molar-refractivity contribution >= 4 is 0 Å². The van der Waals surface area contributed by atoms with Crippen molar-refractivity contribution < 1.29 is 4.74 Å². The molecule has 5 nitrogen and oxygen atoms in total. The van der Waals surface area contributed by atoms with Crippen molar-refractivity contribution in [2.75, 3.05) is 40.4 Å². The Morgan fingerprint density at radius 3 is 2.94 bits per heavy atom. The van der Waals surface area contributed by atoms with Gasteiger partial charge in [0.2, 0.25) is 0 Å². The van der Waals surface area contributed by atoms with Gasteiger partial charge in [-0.1, -0.05) is 0 Å². The quantitative estimate of drug-likeness (QED) is 0.637. The van der Waals surface area contributed by atoms with Gasteiger partial charge in [-0.15, -0.1) is 0 Å². The maximum atomic E-state index is 5.45. The molecule has 0 unspecified atom stereocenters. The summed E-state index contributed by atoms with van der Waals surface area (Å²) in [5, 5.41) is 3.26. The minimum absolute atomic E-state index is 0.735. The van der Waals surface area contributed by atoms with Gasteiger partial charge in [0.15, 0.2) is 0 Å². The van der Waals surface area contributed by atoms with E-state index < -0.39 is 0 Å². The molecule has 0 atom stereocenters. The third kappa shape index (κ3) is 6.44. The standard InChI is InChI=1S/C11H20N4O/c1-15(2)6-8-16-7-5-12-9-11-3-4-13-10-14-11/h3-4,10,12H,5-9H2,1-2H3. The molecule has 0 saturated carbocycles. The smallest absolute Gasteiger partial charge is 0.115 e. The average Bonchev–Trinajstić information content (AvgIpc) is 2.29. The Hall–Kier alpha value is -1.04. The summed E-state index contributed by atoms with van der Waals surface area (Å²) >= 11 is 0. The van der Waals surface area contributed by atoms with E-state index in [2.05, 4.69) is 20.2 Å². The van der Waals surface area contributed by atoms with Crippen molar-refractivity contribution in [2.45, 2.75) is 6.54 Å². The molecule has 1 aromatic heterocycles. The van der Waals surface area contributed by atoms with Gasteiger partial charge in [-0.05, 0) is 20.2 Å². The van der Waals surface area contributed by atoms with E-state index in [1.165, 1.54) is 0 Å². The van der Waals surface area contributed by atoms with Gasteiger partial charge < -0.3 is 15.0 Å². The average molecular weight is 224 g/mol. The molecule has 0 aliphatic heterocycles. The lowest BCUT2D eigenvalue weighted by Gasteiger charge is -2.10. The molecule has 0 fully saturated rings. The molecule has 16 heavy (non-hydrogen) atoms. The van der Waals surface area contributed by atoms with Crippen LogP contribution in [0.1, 0.15) is 5.69 Å². The molecular formula is C11H20N4O. The Bertz CT molecular complexity index is 266. The Morgan fingerprint density at radius 1 is 1.38 bits per heavy atom. The zero-order chi connectivity index (χ0) is 11.6. The lowest BCUT2D eigenvalue weighted by Crippen LogP contribution is -2.23. The second kappa shape index (κ2) is 8.15. The fourth-order valence-corrected chi connectivity index (χ4v) is 1.13. The van der Waals surface area contributed by atoms with E-state index in [0.717, 1.165) is 38.5 Å². The van der Waals surface area contributed by atoms with Gasteiger partial charge in [-0.25, -0.2) is 9.97 Å². The molecular weight excluding hydrogens is 204 g/mol. The molecule has 1 rings (SSSR count). The van der Waals surface area contributed by atoms with E-state index in [4.69, 9.17) is 4.74 Å². The summed E-state index contributed by atoms with van der Waals surface area (Å²) in [5.41, 5.74) is 1.00. The molecule has 0 spiro atoms. The summed E-state index contributed by atoms with van der Waals surface area (Å²) in [7, 11) is 4.08. The fourth-order valence-electron chi connectivity index (χ4n) is 1.13. The first-order chi connectivity index (χ1) is 7.79. The van der Waals surface area contributed by atoms with Crippen LogP contribution in [0.25, 0.3) is 0 Å². The van der Waals surface area contributed by atoms with Crippen molar-refractivity contribution in [1.82, 2.24) is 20.2 Å². The van der Waals surface area contributed by atoms with Crippen LogP contribution in [0.2, 0.25) is 0 Å². The number of hydrogen-bond donors (Lipinski definition) is 1. The van der Waals surface area contributed by atoms with E-state index in [1.54, 1.807) is 12.5 Å². The maximum Gasteiger partial charge on any atom is 0.115 e. The Balaban J connectivity index is 1.93. The summed E-state index contributed by atoms with van der Waals surface area (Å²) < 4.78 is 5.45. The number of nitrogens with zero attached hydrogens (tertiary/aromatic N) is 3. The molecule has 0 radical (unpaired) electrons. The van der Waals surface area contributed by atoms with E-state index in [1.807, 2.05) is 20.2 Å². The van der Waals surface area contributed by atoms with Gasteiger partial charge in [0.1, 0.15) is 6.33 Å². The first-order valence-electron chi connectivity index (χ1n) is 5.47. The summed E-state index contributed by atoms with van der Waals surface area (Å²) in [6, 6.07) is 1.90. The lowest BCUT2D eigenvalue weighted by atomic mass is 10.4. The van der Waals surface area contributed by atoms with Crippen LogP contribution in [0.15, 0.2) is 18.6 Å². The maximum absolute atomic E-state index is 5.45. The third-order valence-corrected chi connectivity index (χ3v) is 2.06. The molecule has 0 saturated heterocycles. The van der Waals surface area contributed by atoms with Gasteiger partial charge in [0.25, 0.3) is 0 Å². The zero-order valence-electron chi connectivity index (χ0n) is 10.0. The monoisotopic (exact) mass is 224 g/mol. The topological polar surface area (TPSA) is 50.3 Å². The molecule has 0 bridgehead atoms. The molecule has 5 heteroatoms. The molecule has 0 amide bonds. The second-order valence-electron chi connectivity index (χ2n) is 3.79. The summed E-state index contributed by atoms with van der Waals surface area (Å²) in [6.07, 6.45) is 3.31. The number of ether oxygens (including phenoxy) is 1. The van der Waals surface area contributed by atoms with Gasteiger partial charge in [0, 0.05) is 25.8 Å². The highest BCUT2D eigenvalue weighted by Gasteiger charge is 1.93. The third-order valence-electron chi connectivity index (χ3n) is 2.06. The second-order valence-corrected chi connectivity index (χ2v) is 3.79. The summed E-state index contributed by atoms with van der Waals surface area (Å²) in [5.74, 6) is 0. The SMILES string of the molecule is CN(C)CCOCCNCc1ccncn1. The van der Waals surface area contributed by atoms with Gasteiger partial charge in [-0.2, -0.15) is 0 Å². The normalized spacial score (nSPS) is 10.9. The molecule has 90 valence electrons. The molecule has 1 heterocycles. The van der Waals surface area contributed by atoms with Crippen LogP contribution in [0.4, 0.5) is 0 Å². The Morgan fingerprint density at radius 2 is 2.25 bits per heavy atom. The van der Waals surface area contributed by atoms with Gasteiger partial charge in [0.05, 0.1) is 18.9 Å². The molecule has 0 aliphatic carbocycles. The van der Waals surface area contributed by atoms with E-state index >= 15 is 0 Å². The van der Waals surface area contributed by atoms with Crippen molar-refractivity contribution in [3.8, 4) is 0 Å². The first-order valence-corrected chi connectivity index (χ1v) is 5.47. The Kier molecular flexibility index (Phi) is 6.64. The van der Waals surface area contributed by atoms with Crippen molar-refractivity contribution in [3.63, 3.8) is 0 Å². The number of nitrogens with one attached hydrogen (secondary N) is 1. The lowest BCUT2D eigenvalue weighted by molar-refractivity contribution is 0.119. The molecule has 0 aliphatic rings. The van der Waals surface area contributed by atoms with Crippen molar-refractivity contribution in [2.24, 2.45) is 0 Å². The van der Waals surface area contributed by atoms with Crippen LogP contribution >= 0.6 is 0 Å². The number of hydrogen-bond acceptors (Lipinski definition) is 5. The highest BCUT2D eigenvalue weighted by Crippen LogP contribution is 1.88. The minimum Gasteiger partial charge on any atom is -0.379 e. The van der Waals surface area contributed by atoms with Gasteiger partial charge in [-0.3, -0.25) is 0 Å². The van der Waals surface area contributed by atoms with Crippen molar-refractivity contribution in [1.29, 1.82) is 0 Å². The predicted molar refractivity (Wildman–Crippen MR) is 63.1 cm³/mol. The molecule has 1 N–H and O–H groups in total. The number of rotatable bonds is 8. The van der Waals surface area contributed by atoms with Crippen LogP contribution in [-0.2, 0) is 11.3 Å². The minimum atomic E-state index is 0.735. The first kappa shape index (κ1) is 13.0. The highest BCUT2D eigenvalue weighted by atomic mass is 16.5. The van der Waals surface area contributed by atoms with E-state index in [-0.39, 0.29) is 0 Å². The van der Waals surface area contributed by atoms with E-state index in [0.29, 0.717) is 0 Å². The number of likely N-dealkylation sites (N-methyl/N-ethyl adjacent to an activating group) is 1. The van der Waals surface area contributed by atoms with E-state index in [9.17, 15) is 0 Å². The van der Waals surface area contributed by atoms with Crippen LogP contribution in [0.5, 0.6) is 0 Å². The summed E-state index contributed by atoms with van der Waals surface area (Å²) in [4.78, 5) is 10.1. The van der Waals surface area contributed by atoms with Crippen LogP contribution in [0, 0.1) is 0 Å². The Labute approximate surface area is 96.8 Å².